The molecule has 0 saturated carbocycles. The van der Waals surface area contributed by atoms with Gasteiger partial charge in [-0.1, -0.05) is 124 Å². The summed E-state index contributed by atoms with van der Waals surface area (Å²) in [5.41, 5.74) is 7.04. The maximum absolute atomic E-state index is 14.1. The van der Waals surface area contributed by atoms with Crippen LogP contribution in [-0.4, -0.2) is 11.6 Å². The average Bonchev–Trinajstić information content (AvgIpc) is 2.98. The van der Waals surface area contributed by atoms with E-state index in [4.69, 9.17) is 23.2 Å². The standard InChI is InChI=1S/C38H30Cl2O2/c1-37(2,23-13-17-25(39)18-14-23)33-21-31(27-9-5-7-11-29(27)35(33)41)32-22-34(36(42)30-12-8-6-10-28(30)32)38(3,4)24-15-19-26(40)20-16-24/h5-22H,1-4H3/b32-31+. The summed E-state index contributed by atoms with van der Waals surface area (Å²) in [4.78, 5) is 28.1. The molecule has 4 heteroatoms. The quantitative estimate of drug-likeness (QED) is 0.237. The molecular formula is C38H30Cl2O2. The van der Waals surface area contributed by atoms with Gasteiger partial charge in [-0.25, -0.2) is 0 Å². The average molecular weight is 590 g/mol. The third-order valence-corrected chi connectivity index (χ3v) is 9.26. The Morgan fingerprint density at radius 2 is 0.762 bits per heavy atom. The van der Waals surface area contributed by atoms with Gasteiger partial charge >= 0.3 is 0 Å². The molecule has 208 valence electrons. The van der Waals surface area contributed by atoms with Gasteiger partial charge < -0.3 is 0 Å². The minimum atomic E-state index is -0.597. The first-order valence-electron chi connectivity index (χ1n) is 14.0. The van der Waals surface area contributed by atoms with Crippen LogP contribution in [-0.2, 0) is 10.8 Å². The van der Waals surface area contributed by atoms with Crippen molar-refractivity contribution in [2.45, 2.75) is 38.5 Å². The molecule has 0 bridgehead atoms. The number of rotatable bonds is 4. The Labute approximate surface area is 257 Å². The third-order valence-electron chi connectivity index (χ3n) is 8.76. The predicted molar refractivity (Wildman–Crippen MR) is 173 cm³/mol. The first-order valence-corrected chi connectivity index (χ1v) is 14.7. The number of Topliss-reactive ketones (excluding diaryl/α,β-unsaturated/α-hetero) is 2. The molecule has 42 heavy (non-hydrogen) atoms. The second-order valence-corrected chi connectivity index (χ2v) is 12.8. The van der Waals surface area contributed by atoms with Crippen molar-refractivity contribution in [1.82, 2.24) is 0 Å². The van der Waals surface area contributed by atoms with Crippen LogP contribution in [0.5, 0.6) is 0 Å². The molecule has 0 aromatic heterocycles. The molecule has 2 aliphatic rings. The molecule has 0 N–H and O–H groups in total. The Morgan fingerprint density at radius 3 is 1.10 bits per heavy atom. The maximum atomic E-state index is 14.1. The third kappa shape index (κ3) is 4.60. The summed E-state index contributed by atoms with van der Waals surface area (Å²) in [7, 11) is 0. The first-order chi connectivity index (χ1) is 20.0. The molecular weight excluding hydrogens is 559 g/mol. The van der Waals surface area contributed by atoms with E-state index >= 15 is 0 Å². The van der Waals surface area contributed by atoms with Gasteiger partial charge in [-0.2, -0.15) is 0 Å². The van der Waals surface area contributed by atoms with Crippen molar-refractivity contribution < 1.29 is 9.59 Å². The molecule has 2 aliphatic carbocycles. The number of carbonyl (C=O) groups is 2. The molecule has 0 fully saturated rings. The van der Waals surface area contributed by atoms with Gasteiger partial charge in [0.2, 0.25) is 0 Å². The highest BCUT2D eigenvalue weighted by Gasteiger charge is 2.39. The van der Waals surface area contributed by atoms with Crippen LogP contribution in [0.4, 0.5) is 0 Å². The number of fused-ring (bicyclic) bond motifs is 2. The van der Waals surface area contributed by atoms with Crippen LogP contribution in [0.2, 0.25) is 10.0 Å². The smallest absolute Gasteiger partial charge is 0.190 e. The lowest BCUT2D eigenvalue weighted by Crippen LogP contribution is -2.30. The van der Waals surface area contributed by atoms with Gasteiger partial charge in [0.1, 0.15) is 0 Å². The van der Waals surface area contributed by atoms with Gasteiger partial charge in [0.25, 0.3) is 0 Å². The fraction of sp³-hybridized carbons (Fsp3) is 0.158. The molecule has 2 nitrogen and oxygen atoms in total. The zero-order chi connectivity index (χ0) is 29.8. The summed E-state index contributed by atoms with van der Waals surface area (Å²) in [5.74, 6) is 0.00142. The fourth-order valence-corrected chi connectivity index (χ4v) is 6.37. The minimum absolute atomic E-state index is 0.000711. The maximum Gasteiger partial charge on any atom is 0.190 e. The van der Waals surface area contributed by atoms with E-state index in [1.54, 1.807) is 0 Å². The van der Waals surface area contributed by atoms with Crippen LogP contribution in [0.3, 0.4) is 0 Å². The summed E-state index contributed by atoms with van der Waals surface area (Å²) >= 11 is 12.4. The van der Waals surface area contributed by atoms with Crippen LogP contribution in [0.1, 0.15) is 70.7 Å². The summed E-state index contributed by atoms with van der Waals surface area (Å²) in [6.45, 7) is 8.28. The SMILES string of the molecule is CC(C)(C1=C/C(=C2/C=C(C(C)(C)c3ccc(Cl)cc3)C(=O)c3ccccc32)c2ccccc2C1=O)c1ccc(Cl)cc1. The summed E-state index contributed by atoms with van der Waals surface area (Å²) in [5, 5.41) is 1.30. The predicted octanol–water partition coefficient (Wildman–Crippen LogP) is 10.1. The second-order valence-electron chi connectivity index (χ2n) is 12.0. The van der Waals surface area contributed by atoms with E-state index in [2.05, 4.69) is 27.7 Å². The summed E-state index contributed by atoms with van der Waals surface area (Å²) < 4.78 is 0. The van der Waals surface area contributed by atoms with Gasteiger partial charge in [0.15, 0.2) is 11.6 Å². The number of carbonyl (C=O) groups excluding carboxylic acids is 2. The van der Waals surface area contributed by atoms with E-state index in [0.29, 0.717) is 32.3 Å². The van der Waals surface area contributed by atoms with Gasteiger partial charge in [-0.05, 0) is 69.8 Å². The number of hydrogen-bond acceptors (Lipinski definition) is 2. The Hall–Kier alpha value is -3.98. The van der Waals surface area contributed by atoms with Crippen molar-refractivity contribution >= 4 is 45.9 Å². The molecule has 4 aromatic carbocycles. The molecule has 4 aromatic rings. The van der Waals surface area contributed by atoms with Gasteiger partial charge in [-0.15, -0.1) is 0 Å². The second kappa shape index (κ2) is 10.4. The minimum Gasteiger partial charge on any atom is -0.289 e. The number of allylic oxidation sites excluding steroid dienone is 6. The first kappa shape index (κ1) is 28.2. The van der Waals surface area contributed by atoms with Gasteiger partial charge in [0, 0.05) is 43.1 Å². The Bertz CT molecular complexity index is 1710. The van der Waals surface area contributed by atoms with Gasteiger partial charge in [-0.3, -0.25) is 9.59 Å². The lowest BCUT2D eigenvalue weighted by Gasteiger charge is -2.34. The van der Waals surface area contributed by atoms with E-state index in [-0.39, 0.29) is 11.6 Å². The van der Waals surface area contributed by atoms with E-state index < -0.39 is 10.8 Å². The largest absolute Gasteiger partial charge is 0.289 e. The lowest BCUT2D eigenvalue weighted by atomic mass is 9.68. The highest BCUT2D eigenvalue weighted by atomic mass is 35.5. The molecule has 0 saturated heterocycles. The number of halogens is 2. The van der Waals surface area contributed by atoms with Crippen LogP contribution < -0.4 is 0 Å². The molecule has 0 amide bonds. The molecule has 0 radical (unpaired) electrons. The van der Waals surface area contributed by atoms with Crippen LogP contribution in [0.25, 0.3) is 11.1 Å². The van der Waals surface area contributed by atoms with E-state index in [0.717, 1.165) is 33.4 Å². The van der Waals surface area contributed by atoms with Crippen molar-refractivity contribution in [2.75, 3.05) is 0 Å². The van der Waals surface area contributed by atoms with Crippen molar-refractivity contribution in [3.05, 3.63) is 164 Å². The van der Waals surface area contributed by atoms with E-state index in [9.17, 15) is 9.59 Å². The lowest BCUT2D eigenvalue weighted by molar-refractivity contribution is 0.101. The zero-order valence-electron chi connectivity index (χ0n) is 24.0. The van der Waals surface area contributed by atoms with E-state index in [1.165, 1.54) is 0 Å². The van der Waals surface area contributed by atoms with Gasteiger partial charge in [0.05, 0.1) is 0 Å². The monoisotopic (exact) mass is 588 g/mol. The Morgan fingerprint density at radius 1 is 0.452 bits per heavy atom. The molecule has 0 spiro atoms. The molecule has 0 unspecified atom stereocenters. The summed E-state index contributed by atoms with van der Waals surface area (Å²) in [6.07, 6.45) is 4.06. The van der Waals surface area contributed by atoms with Crippen molar-refractivity contribution in [3.8, 4) is 0 Å². The Kier molecular flexibility index (Phi) is 6.96. The Balaban J connectivity index is 1.65. The molecule has 0 heterocycles. The topological polar surface area (TPSA) is 34.1 Å². The number of hydrogen-bond donors (Lipinski definition) is 0. The molecule has 6 rings (SSSR count). The van der Waals surface area contributed by atoms with Crippen molar-refractivity contribution in [3.63, 3.8) is 0 Å². The highest BCUT2D eigenvalue weighted by molar-refractivity contribution is 6.31. The highest BCUT2D eigenvalue weighted by Crippen LogP contribution is 2.46. The number of ketones is 2. The molecule has 0 aliphatic heterocycles. The number of benzene rings is 4. The fourth-order valence-electron chi connectivity index (χ4n) is 6.12. The van der Waals surface area contributed by atoms with Crippen LogP contribution in [0.15, 0.2) is 120 Å². The normalized spacial score (nSPS) is 16.9. The van der Waals surface area contributed by atoms with Crippen molar-refractivity contribution in [1.29, 1.82) is 0 Å². The van der Waals surface area contributed by atoms with Crippen LogP contribution in [0, 0.1) is 0 Å². The summed E-state index contributed by atoms with van der Waals surface area (Å²) in [6, 6.07) is 30.8. The van der Waals surface area contributed by atoms with Crippen LogP contribution >= 0.6 is 23.2 Å². The van der Waals surface area contributed by atoms with Crippen molar-refractivity contribution in [2.24, 2.45) is 0 Å². The zero-order valence-corrected chi connectivity index (χ0v) is 25.5. The van der Waals surface area contributed by atoms with E-state index in [1.807, 2.05) is 109 Å². The molecule has 0 atom stereocenters.